The van der Waals surface area contributed by atoms with Gasteiger partial charge in [0.2, 0.25) is 5.89 Å². The molecule has 0 bridgehead atoms. The molecule has 0 saturated carbocycles. The van der Waals surface area contributed by atoms with Crippen LogP contribution in [0.15, 0.2) is 34.9 Å². The number of para-hydroxylation sites is 1. The molecule has 0 amide bonds. The smallest absolute Gasteiger partial charge is 0.323 e. The number of rotatable bonds is 5. The van der Waals surface area contributed by atoms with Gasteiger partial charge in [0, 0.05) is 5.69 Å². The van der Waals surface area contributed by atoms with Crippen molar-refractivity contribution in [1.82, 2.24) is 10.1 Å². The lowest BCUT2D eigenvalue weighted by molar-refractivity contribution is -0.135. The quantitative estimate of drug-likeness (QED) is 0.861. The van der Waals surface area contributed by atoms with Crippen molar-refractivity contribution in [2.24, 2.45) is 0 Å². The lowest BCUT2D eigenvalue weighted by Gasteiger charge is -2.20. The second kappa shape index (κ2) is 5.31. The van der Waals surface area contributed by atoms with Gasteiger partial charge in [0.1, 0.15) is 6.54 Å². The van der Waals surface area contributed by atoms with E-state index in [1.54, 1.807) is 11.8 Å². The van der Waals surface area contributed by atoms with Crippen molar-refractivity contribution in [3.8, 4) is 0 Å². The number of carboxylic acid groups (broad SMARTS) is 1. The average Bonchev–Trinajstić information content (AvgIpc) is 2.75. The van der Waals surface area contributed by atoms with Gasteiger partial charge in [-0.15, -0.1) is 0 Å². The first kappa shape index (κ1) is 12.1. The van der Waals surface area contributed by atoms with Crippen molar-refractivity contribution in [3.05, 3.63) is 42.0 Å². The summed E-state index contributed by atoms with van der Waals surface area (Å²) in [6.07, 6.45) is 0. The van der Waals surface area contributed by atoms with Crippen molar-refractivity contribution in [2.45, 2.75) is 13.5 Å². The molecule has 0 spiro atoms. The third-order valence-corrected chi connectivity index (χ3v) is 2.34. The first-order valence-corrected chi connectivity index (χ1v) is 5.46. The molecule has 0 aliphatic heterocycles. The van der Waals surface area contributed by atoms with Gasteiger partial charge in [-0.3, -0.25) is 4.79 Å². The fraction of sp³-hybridized carbons (Fsp3) is 0.250. The van der Waals surface area contributed by atoms with E-state index < -0.39 is 5.97 Å². The number of benzene rings is 1. The fourth-order valence-electron chi connectivity index (χ4n) is 1.61. The normalized spacial score (nSPS) is 10.3. The second-order valence-corrected chi connectivity index (χ2v) is 3.82. The Morgan fingerprint density at radius 3 is 2.67 bits per heavy atom. The minimum absolute atomic E-state index is 0.120. The summed E-state index contributed by atoms with van der Waals surface area (Å²) in [6, 6.07) is 9.25. The van der Waals surface area contributed by atoms with Crippen LogP contribution in [0.1, 0.15) is 11.7 Å². The zero-order valence-corrected chi connectivity index (χ0v) is 9.91. The van der Waals surface area contributed by atoms with Crippen LogP contribution in [0.4, 0.5) is 5.69 Å². The maximum atomic E-state index is 10.9. The molecule has 0 atom stereocenters. The standard InChI is InChI=1S/C12H13N3O3/c1-9-13-11(18-14-9)7-15(8-12(16)17)10-5-3-2-4-6-10/h2-6H,7-8H2,1H3,(H,16,17). The molecule has 0 aliphatic carbocycles. The molecule has 0 saturated heterocycles. The summed E-state index contributed by atoms with van der Waals surface area (Å²) in [5.41, 5.74) is 0.802. The Bertz CT molecular complexity index is 524. The number of nitrogens with zero attached hydrogens (tertiary/aromatic N) is 3. The Morgan fingerprint density at radius 1 is 1.39 bits per heavy atom. The lowest BCUT2D eigenvalue weighted by atomic mass is 10.3. The third kappa shape index (κ3) is 3.07. The van der Waals surface area contributed by atoms with Crippen LogP contribution < -0.4 is 4.90 Å². The van der Waals surface area contributed by atoms with Crippen LogP contribution in [0.5, 0.6) is 0 Å². The highest BCUT2D eigenvalue weighted by atomic mass is 16.5. The Kier molecular flexibility index (Phi) is 3.57. The number of anilines is 1. The third-order valence-electron chi connectivity index (χ3n) is 2.34. The van der Waals surface area contributed by atoms with Crippen molar-refractivity contribution in [2.75, 3.05) is 11.4 Å². The van der Waals surface area contributed by atoms with Crippen molar-refractivity contribution < 1.29 is 14.4 Å². The van der Waals surface area contributed by atoms with Gasteiger partial charge in [-0.1, -0.05) is 23.4 Å². The predicted octanol–water partition coefficient (Wildman–Crippen LogP) is 1.47. The monoisotopic (exact) mass is 247 g/mol. The van der Waals surface area contributed by atoms with Gasteiger partial charge in [-0.25, -0.2) is 0 Å². The molecule has 0 aliphatic rings. The van der Waals surface area contributed by atoms with Gasteiger partial charge < -0.3 is 14.5 Å². The Morgan fingerprint density at radius 2 is 2.11 bits per heavy atom. The summed E-state index contributed by atoms with van der Waals surface area (Å²) in [4.78, 5) is 16.6. The van der Waals surface area contributed by atoms with Crippen LogP contribution in [0.2, 0.25) is 0 Å². The van der Waals surface area contributed by atoms with Crippen molar-refractivity contribution in [3.63, 3.8) is 0 Å². The maximum absolute atomic E-state index is 10.9. The van der Waals surface area contributed by atoms with Gasteiger partial charge in [0.15, 0.2) is 5.82 Å². The van der Waals surface area contributed by atoms with Crippen LogP contribution in [0.3, 0.4) is 0 Å². The summed E-state index contributed by atoms with van der Waals surface area (Å²) in [5, 5.41) is 12.6. The van der Waals surface area contributed by atoms with Gasteiger partial charge in [0.05, 0.1) is 6.54 Å². The topological polar surface area (TPSA) is 79.5 Å². The second-order valence-electron chi connectivity index (χ2n) is 3.82. The molecule has 1 N–H and O–H groups in total. The molecule has 1 heterocycles. The molecule has 0 unspecified atom stereocenters. The summed E-state index contributed by atoms with van der Waals surface area (Å²) in [5.74, 6) is 0.0287. The van der Waals surface area contributed by atoms with Gasteiger partial charge in [-0.05, 0) is 19.1 Å². The Balaban J connectivity index is 2.18. The van der Waals surface area contributed by atoms with E-state index in [0.29, 0.717) is 11.7 Å². The number of carboxylic acids is 1. The van der Waals surface area contributed by atoms with E-state index in [2.05, 4.69) is 10.1 Å². The molecule has 6 heteroatoms. The zero-order valence-electron chi connectivity index (χ0n) is 9.91. The number of hydrogen-bond acceptors (Lipinski definition) is 5. The summed E-state index contributed by atoms with van der Waals surface area (Å²) in [7, 11) is 0. The SMILES string of the molecule is Cc1noc(CN(CC(=O)O)c2ccccc2)n1. The van der Waals surface area contributed by atoms with E-state index in [4.69, 9.17) is 9.63 Å². The number of carbonyl (C=O) groups is 1. The highest BCUT2D eigenvalue weighted by molar-refractivity contribution is 5.73. The van der Waals surface area contributed by atoms with Crippen LogP contribution in [-0.2, 0) is 11.3 Å². The molecule has 0 fully saturated rings. The van der Waals surface area contributed by atoms with Crippen LogP contribution >= 0.6 is 0 Å². The molecule has 1 aromatic heterocycles. The molecular formula is C12H13N3O3. The van der Waals surface area contributed by atoms with E-state index in [-0.39, 0.29) is 13.1 Å². The van der Waals surface area contributed by atoms with E-state index in [0.717, 1.165) is 5.69 Å². The van der Waals surface area contributed by atoms with E-state index in [1.165, 1.54) is 0 Å². The Labute approximate surface area is 104 Å². The van der Waals surface area contributed by atoms with E-state index in [1.807, 2.05) is 30.3 Å². The number of aromatic nitrogens is 2. The van der Waals surface area contributed by atoms with Crippen LogP contribution in [0.25, 0.3) is 0 Å². The molecule has 2 rings (SSSR count). The lowest BCUT2D eigenvalue weighted by Crippen LogP contribution is -2.29. The number of aryl methyl sites for hydroxylation is 1. The zero-order chi connectivity index (χ0) is 13.0. The van der Waals surface area contributed by atoms with Crippen molar-refractivity contribution >= 4 is 11.7 Å². The van der Waals surface area contributed by atoms with E-state index in [9.17, 15) is 4.79 Å². The molecular weight excluding hydrogens is 234 g/mol. The van der Waals surface area contributed by atoms with Crippen LogP contribution in [-0.4, -0.2) is 27.8 Å². The average molecular weight is 247 g/mol. The molecule has 0 radical (unpaired) electrons. The first-order chi connectivity index (χ1) is 8.65. The van der Waals surface area contributed by atoms with E-state index >= 15 is 0 Å². The first-order valence-electron chi connectivity index (χ1n) is 5.46. The fourth-order valence-corrected chi connectivity index (χ4v) is 1.61. The van der Waals surface area contributed by atoms with Gasteiger partial charge >= 0.3 is 5.97 Å². The maximum Gasteiger partial charge on any atom is 0.323 e. The molecule has 1 aromatic carbocycles. The molecule has 18 heavy (non-hydrogen) atoms. The Hall–Kier alpha value is -2.37. The summed E-state index contributed by atoms with van der Waals surface area (Å²) >= 11 is 0. The minimum atomic E-state index is -0.907. The molecule has 2 aromatic rings. The largest absolute Gasteiger partial charge is 0.480 e. The van der Waals surface area contributed by atoms with Gasteiger partial charge in [0.25, 0.3) is 0 Å². The number of hydrogen-bond donors (Lipinski definition) is 1. The summed E-state index contributed by atoms with van der Waals surface area (Å²) < 4.78 is 5.00. The van der Waals surface area contributed by atoms with Crippen molar-refractivity contribution in [1.29, 1.82) is 0 Å². The van der Waals surface area contributed by atoms with Crippen LogP contribution in [0, 0.1) is 6.92 Å². The minimum Gasteiger partial charge on any atom is -0.480 e. The molecule has 94 valence electrons. The predicted molar refractivity (Wildman–Crippen MR) is 64.2 cm³/mol. The van der Waals surface area contributed by atoms with Gasteiger partial charge in [-0.2, -0.15) is 4.98 Å². The number of aliphatic carboxylic acids is 1. The summed E-state index contributed by atoms with van der Waals surface area (Å²) in [6.45, 7) is 1.87. The highest BCUT2D eigenvalue weighted by Crippen LogP contribution is 2.15. The highest BCUT2D eigenvalue weighted by Gasteiger charge is 2.14. The molecule has 6 nitrogen and oxygen atoms in total.